The Labute approximate surface area is 145 Å². The van der Waals surface area contributed by atoms with Gasteiger partial charge in [-0.05, 0) is 56.3 Å². The molecule has 0 aliphatic carbocycles. The van der Waals surface area contributed by atoms with E-state index in [2.05, 4.69) is 35.2 Å². The van der Waals surface area contributed by atoms with Crippen molar-refractivity contribution in [2.45, 2.75) is 31.8 Å². The number of aliphatic hydroxyl groups excluding tert-OH is 1. The van der Waals surface area contributed by atoms with Gasteiger partial charge in [-0.3, -0.25) is 0 Å². The number of anilines is 1. The minimum absolute atomic E-state index is 0.465. The van der Waals surface area contributed by atoms with Gasteiger partial charge in [-0.15, -0.1) is 0 Å². The highest BCUT2D eigenvalue weighted by Crippen LogP contribution is 2.25. The van der Waals surface area contributed by atoms with E-state index in [9.17, 15) is 5.11 Å². The summed E-state index contributed by atoms with van der Waals surface area (Å²) in [6.45, 7) is 3.20. The summed E-state index contributed by atoms with van der Waals surface area (Å²) in [5, 5.41) is 10.4. The lowest BCUT2D eigenvalue weighted by atomic mass is 9.90. The summed E-state index contributed by atoms with van der Waals surface area (Å²) in [5.74, 6) is 0.790. The third kappa shape index (κ3) is 4.59. The molecule has 1 aliphatic rings. The largest absolute Gasteiger partial charge is 0.398 e. The van der Waals surface area contributed by atoms with Crippen LogP contribution < -0.4 is 5.73 Å². The lowest BCUT2D eigenvalue weighted by Gasteiger charge is -2.32. The van der Waals surface area contributed by atoms with E-state index >= 15 is 0 Å². The van der Waals surface area contributed by atoms with Crippen LogP contribution in [-0.4, -0.2) is 29.6 Å². The first-order valence-corrected chi connectivity index (χ1v) is 9.01. The highest BCUT2D eigenvalue weighted by atomic mass is 16.3. The van der Waals surface area contributed by atoms with Crippen LogP contribution in [0.15, 0.2) is 54.6 Å². The molecule has 1 aliphatic heterocycles. The van der Waals surface area contributed by atoms with Gasteiger partial charge in [0.1, 0.15) is 0 Å². The van der Waals surface area contributed by atoms with Crippen molar-refractivity contribution < 1.29 is 5.11 Å². The van der Waals surface area contributed by atoms with Crippen LogP contribution in [0.3, 0.4) is 0 Å². The lowest BCUT2D eigenvalue weighted by Crippen LogP contribution is -2.35. The molecule has 0 bridgehead atoms. The number of nitrogens with two attached hydrogens (primary N) is 1. The van der Waals surface area contributed by atoms with E-state index in [1.807, 2.05) is 24.3 Å². The van der Waals surface area contributed by atoms with E-state index in [1.165, 1.54) is 24.8 Å². The van der Waals surface area contributed by atoms with Gasteiger partial charge in [0.25, 0.3) is 0 Å². The Bertz CT molecular complexity index is 621. The van der Waals surface area contributed by atoms with E-state index in [-0.39, 0.29) is 0 Å². The van der Waals surface area contributed by atoms with Crippen LogP contribution in [0.1, 0.15) is 36.5 Å². The van der Waals surface area contributed by atoms with Gasteiger partial charge in [0.2, 0.25) is 0 Å². The van der Waals surface area contributed by atoms with Crippen LogP contribution in [0.25, 0.3) is 0 Å². The van der Waals surface area contributed by atoms with E-state index in [0.717, 1.165) is 37.5 Å². The quantitative estimate of drug-likeness (QED) is 0.798. The molecular formula is C21H28N2O. The van der Waals surface area contributed by atoms with Crippen LogP contribution in [-0.2, 0) is 6.42 Å². The van der Waals surface area contributed by atoms with E-state index in [4.69, 9.17) is 5.73 Å². The van der Waals surface area contributed by atoms with Crippen molar-refractivity contribution in [1.82, 2.24) is 4.90 Å². The standard InChI is InChI=1S/C21H28N2O/c22-20-9-5-4-8-19(20)21(24)12-15-23-13-10-18(11-14-23)16-17-6-2-1-3-7-17/h1-9,18,21,24H,10-16,22H2. The second-order valence-electron chi connectivity index (χ2n) is 6.91. The summed E-state index contributed by atoms with van der Waals surface area (Å²) in [7, 11) is 0. The minimum Gasteiger partial charge on any atom is -0.398 e. The third-order valence-electron chi connectivity index (χ3n) is 5.15. The topological polar surface area (TPSA) is 49.5 Å². The zero-order valence-electron chi connectivity index (χ0n) is 14.3. The predicted octanol–water partition coefficient (Wildman–Crippen LogP) is 3.65. The molecule has 1 unspecified atom stereocenters. The fourth-order valence-electron chi connectivity index (χ4n) is 3.64. The first kappa shape index (κ1) is 17.0. The van der Waals surface area contributed by atoms with Crippen LogP contribution in [0, 0.1) is 5.92 Å². The van der Waals surface area contributed by atoms with Crippen molar-refractivity contribution in [1.29, 1.82) is 0 Å². The van der Waals surface area contributed by atoms with Crippen molar-refractivity contribution in [2.24, 2.45) is 5.92 Å². The normalized spacial score (nSPS) is 17.7. The molecule has 0 saturated carbocycles. The van der Waals surface area contributed by atoms with Crippen LogP contribution in [0.2, 0.25) is 0 Å². The molecule has 0 radical (unpaired) electrons. The molecule has 3 heteroatoms. The number of benzene rings is 2. The van der Waals surface area contributed by atoms with Crippen LogP contribution in [0.5, 0.6) is 0 Å². The molecule has 3 nitrogen and oxygen atoms in total. The Morgan fingerprint density at radius 3 is 2.38 bits per heavy atom. The second kappa shape index (κ2) is 8.32. The number of nitrogens with zero attached hydrogens (tertiary/aromatic N) is 1. The monoisotopic (exact) mass is 324 g/mol. The van der Waals surface area contributed by atoms with Crippen molar-refractivity contribution in [3.63, 3.8) is 0 Å². The van der Waals surface area contributed by atoms with Crippen molar-refractivity contribution in [2.75, 3.05) is 25.4 Å². The van der Waals surface area contributed by atoms with Gasteiger partial charge in [0.05, 0.1) is 6.10 Å². The summed E-state index contributed by atoms with van der Waals surface area (Å²) in [5.41, 5.74) is 8.94. The van der Waals surface area contributed by atoms with Gasteiger partial charge < -0.3 is 15.7 Å². The fraction of sp³-hybridized carbons (Fsp3) is 0.429. The second-order valence-corrected chi connectivity index (χ2v) is 6.91. The van der Waals surface area contributed by atoms with Gasteiger partial charge in [-0.25, -0.2) is 0 Å². The molecular weight excluding hydrogens is 296 g/mol. The maximum atomic E-state index is 10.4. The number of nitrogen functional groups attached to an aromatic ring is 1. The lowest BCUT2D eigenvalue weighted by molar-refractivity contribution is 0.123. The summed E-state index contributed by atoms with van der Waals surface area (Å²) in [6.07, 6.45) is 3.97. The molecule has 1 atom stereocenters. The zero-order chi connectivity index (χ0) is 16.8. The summed E-state index contributed by atoms with van der Waals surface area (Å²) >= 11 is 0. The summed E-state index contributed by atoms with van der Waals surface area (Å²) in [6, 6.07) is 18.4. The van der Waals surface area contributed by atoms with Crippen molar-refractivity contribution in [3.05, 3.63) is 65.7 Å². The first-order chi connectivity index (χ1) is 11.7. The predicted molar refractivity (Wildman–Crippen MR) is 99.7 cm³/mol. The number of hydrogen-bond donors (Lipinski definition) is 2. The molecule has 1 heterocycles. The van der Waals surface area contributed by atoms with Gasteiger partial charge in [-0.2, -0.15) is 0 Å². The first-order valence-electron chi connectivity index (χ1n) is 9.01. The minimum atomic E-state index is -0.465. The number of para-hydroxylation sites is 1. The molecule has 2 aromatic carbocycles. The average Bonchev–Trinajstić information content (AvgIpc) is 2.62. The summed E-state index contributed by atoms with van der Waals surface area (Å²) in [4.78, 5) is 2.48. The third-order valence-corrected chi connectivity index (χ3v) is 5.15. The molecule has 128 valence electrons. The molecule has 1 saturated heterocycles. The number of aliphatic hydroxyl groups is 1. The van der Waals surface area contributed by atoms with Gasteiger partial charge >= 0.3 is 0 Å². The van der Waals surface area contributed by atoms with Gasteiger partial charge in [-0.1, -0.05) is 48.5 Å². The van der Waals surface area contributed by atoms with Gasteiger partial charge in [0, 0.05) is 17.8 Å². The smallest absolute Gasteiger partial charge is 0.0822 e. The van der Waals surface area contributed by atoms with Gasteiger partial charge in [0.15, 0.2) is 0 Å². The molecule has 3 rings (SSSR count). The fourth-order valence-corrected chi connectivity index (χ4v) is 3.64. The molecule has 1 fully saturated rings. The number of hydrogen-bond acceptors (Lipinski definition) is 3. The maximum absolute atomic E-state index is 10.4. The van der Waals surface area contributed by atoms with Crippen LogP contribution in [0.4, 0.5) is 5.69 Å². The number of piperidine rings is 1. The molecule has 3 N–H and O–H groups in total. The Morgan fingerprint density at radius 1 is 1.00 bits per heavy atom. The molecule has 0 amide bonds. The average molecular weight is 324 g/mol. The highest BCUT2D eigenvalue weighted by Gasteiger charge is 2.20. The SMILES string of the molecule is Nc1ccccc1C(O)CCN1CCC(Cc2ccccc2)CC1. The Morgan fingerprint density at radius 2 is 1.67 bits per heavy atom. The Kier molecular flexibility index (Phi) is 5.89. The van der Waals surface area contributed by atoms with E-state index in [0.29, 0.717) is 5.69 Å². The van der Waals surface area contributed by atoms with Crippen molar-refractivity contribution >= 4 is 5.69 Å². The molecule has 2 aromatic rings. The highest BCUT2D eigenvalue weighted by molar-refractivity contribution is 5.47. The molecule has 0 spiro atoms. The van der Waals surface area contributed by atoms with Crippen LogP contribution >= 0.6 is 0 Å². The Balaban J connectivity index is 1.42. The molecule has 24 heavy (non-hydrogen) atoms. The van der Waals surface area contributed by atoms with E-state index < -0.39 is 6.10 Å². The Hall–Kier alpha value is -1.84. The molecule has 0 aromatic heterocycles. The number of likely N-dealkylation sites (tertiary alicyclic amines) is 1. The van der Waals surface area contributed by atoms with E-state index in [1.54, 1.807) is 0 Å². The maximum Gasteiger partial charge on any atom is 0.0822 e. The summed E-state index contributed by atoms with van der Waals surface area (Å²) < 4.78 is 0. The van der Waals surface area contributed by atoms with Crippen molar-refractivity contribution in [3.8, 4) is 0 Å². The zero-order valence-corrected chi connectivity index (χ0v) is 14.3. The number of rotatable bonds is 6.